The van der Waals surface area contributed by atoms with Gasteiger partial charge in [-0.1, -0.05) is 6.07 Å². The molecule has 0 atom stereocenters. The fourth-order valence-electron chi connectivity index (χ4n) is 2.25. The number of amides is 1. The molecule has 18 heavy (non-hydrogen) atoms. The molecule has 0 bridgehead atoms. The SMILES string of the molecule is Cc1ccc(F)cc1CC(=O)N1CCC(N)CC1. The van der Waals surface area contributed by atoms with Crippen LogP contribution in [0, 0.1) is 12.7 Å². The summed E-state index contributed by atoms with van der Waals surface area (Å²) in [6.07, 6.45) is 1.99. The molecule has 1 aromatic rings. The van der Waals surface area contributed by atoms with E-state index >= 15 is 0 Å². The molecule has 2 N–H and O–H groups in total. The molecule has 1 saturated heterocycles. The second-order valence-corrected chi connectivity index (χ2v) is 4.97. The van der Waals surface area contributed by atoms with E-state index in [4.69, 9.17) is 5.73 Å². The monoisotopic (exact) mass is 250 g/mol. The number of rotatable bonds is 2. The first-order valence-electron chi connectivity index (χ1n) is 6.34. The molecule has 0 spiro atoms. The molecule has 3 nitrogen and oxygen atoms in total. The van der Waals surface area contributed by atoms with Gasteiger partial charge in [-0.25, -0.2) is 4.39 Å². The molecule has 0 aliphatic carbocycles. The zero-order chi connectivity index (χ0) is 13.1. The largest absolute Gasteiger partial charge is 0.342 e. The molecule has 1 aromatic carbocycles. The van der Waals surface area contributed by atoms with E-state index in [2.05, 4.69) is 0 Å². The summed E-state index contributed by atoms with van der Waals surface area (Å²) in [5.41, 5.74) is 7.54. The number of nitrogens with two attached hydrogens (primary N) is 1. The highest BCUT2D eigenvalue weighted by molar-refractivity contribution is 5.79. The summed E-state index contributed by atoms with van der Waals surface area (Å²) in [4.78, 5) is 13.9. The number of likely N-dealkylation sites (tertiary alicyclic amines) is 1. The maximum absolute atomic E-state index is 13.1. The second-order valence-electron chi connectivity index (χ2n) is 4.97. The zero-order valence-corrected chi connectivity index (χ0v) is 10.7. The third-order valence-electron chi connectivity index (χ3n) is 3.55. The molecular weight excluding hydrogens is 231 g/mol. The lowest BCUT2D eigenvalue weighted by atomic mass is 10.0. The van der Waals surface area contributed by atoms with E-state index in [0.29, 0.717) is 13.1 Å². The van der Waals surface area contributed by atoms with Crippen molar-refractivity contribution in [3.05, 3.63) is 35.1 Å². The maximum Gasteiger partial charge on any atom is 0.227 e. The van der Waals surface area contributed by atoms with Gasteiger partial charge < -0.3 is 10.6 Å². The Balaban J connectivity index is 2.00. The van der Waals surface area contributed by atoms with Gasteiger partial charge in [0.15, 0.2) is 0 Å². The standard InChI is InChI=1S/C14H19FN2O/c1-10-2-3-12(15)8-11(10)9-14(18)17-6-4-13(16)5-7-17/h2-3,8,13H,4-7,9,16H2,1H3. The average molecular weight is 250 g/mol. The molecule has 4 heteroatoms. The van der Waals surface area contributed by atoms with Gasteiger partial charge in [0.05, 0.1) is 6.42 Å². The van der Waals surface area contributed by atoms with Gasteiger partial charge in [-0.2, -0.15) is 0 Å². The highest BCUT2D eigenvalue weighted by Crippen LogP contribution is 2.14. The van der Waals surface area contributed by atoms with E-state index in [0.717, 1.165) is 24.0 Å². The van der Waals surface area contributed by atoms with Crippen molar-refractivity contribution in [2.24, 2.45) is 5.73 Å². The number of benzene rings is 1. The van der Waals surface area contributed by atoms with Crippen molar-refractivity contribution in [1.29, 1.82) is 0 Å². The topological polar surface area (TPSA) is 46.3 Å². The number of hydrogen-bond donors (Lipinski definition) is 1. The van der Waals surface area contributed by atoms with Crippen molar-refractivity contribution in [3.8, 4) is 0 Å². The Bertz CT molecular complexity index is 439. The van der Waals surface area contributed by atoms with Gasteiger partial charge in [-0.15, -0.1) is 0 Å². The second kappa shape index (κ2) is 5.48. The summed E-state index contributed by atoms with van der Waals surface area (Å²) in [7, 11) is 0. The van der Waals surface area contributed by atoms with E-state index in [-0.39, 0.29) is 24.2 Å². The van der Waals surface area contributed by atoms with E-state index in [1.165, 1.54) is 12.1 Å². The predicted molar refractivity (Wildman–Crippen MR) is 68.6 cm³/mol. The molecule has 1 aliphatic rings. The highest BCUT2D eigenvalue weighted by Gasteiger charge is 2.21. The number of carbonyl (C=O) groups is 1. The van der Waals surface area contributed by atoms with Crippen molar-refractivity contribution in [3.63, 3.8) is 0 Å². The van der Waals surface area contributed by atoms with Crippen LogP contribution in [0.15, 0.2) is 18.2 Å². The molecule has 1 aliphatic heterocycles. The summed E-state index contributed by atoms with van der Waals surface area (Å²) >= 11 is 0. The van der Waals surface area contributed by atoms with Crippen LogP contribution < -0.4 is 5.73 Å². The number of aryl methyl sites for hydroxylation is 1. The van der Waals surface area contributed by atoms with Crippen LogP contribution in [0.25, 0.3) is 0 Å². The minimum atomic E-state index is -0.288. The van der Waals surface area contributed by atoms with E-state index in [1.807, 2.05) is 11.8 Å². The van der Waals surface area contributed by atoms with E-state index in [9.17, 15) is 9.18 Å². The lowest BCUT2D eigenvalue weighted by molar-refractivity contribution is -0.131. The number of nitrogens with zero attached hydrogens (tertiary/aromatic N) is 1. The quantitative estimate of drug-likeness (QED) is 0.867. The molecular formula is C14H19FN2O. The van der Waals surface area contributed by atoms with Crippen LogP contribution in [0.5, 0.6) is 0 Å². The van der Waals surface area contributed by atoms with Crippen molar-refractivity contribution in [1.82, 2.24) is 4.90 Å². The van der Waals surface area contributed by atoms with Gasteiger partial charge in [0.2, 0.25) is 5.91 Å². The Morgan fingerprint density at radius 2 is 2.11 bits per heavy atom. The Morgan fingerprint density at radius 3 is 2.78 bits per heavy atom. The minimum absolute atomic E-state index is 0.0654. The van der Waals surface area contributed by atoms with Crippen molar-refractivity contribution in [2.45, 2.75) is 32.2 Å². The average Bonchev–Trinajstić information content (AvgIpc) is 2.34. The van der Waals surface area contributed by atoms with Crippen molar-refractivity contribution >= 4 is 5.91 Å². The molecule has 1 heterocycles. The summed E-state index contributed by atoms with van der Waals surface area (Å²) < 4.78 is 13.1. The zero-order valence-electron chi connectivity index (χ0n) is 10.7. The van der Waals surface area contributed by atoms with Crippen molar-refractivity contribution in [2.75, 3.05) is 13.1 Å². The van der Waals surface area contributed by atoms with Gasteiger partial charge >= 0.3 is 0 Å². The van der Waals surface area contributed by atoms with Gasteiger partial charge in [-0.05, 0) is 43.0 Å². The number of piperidine rings is 1. The normalized spacial score (nSPS) is 16.9. The first-order chi connectivity index (χ1) is 8.56. The number of halogens is 1. The fraction of sp³-hybridized carbons (Fsp3) is 0.500. The lowest BCUT2D eigenvalue weighted by Crippen LogP contribution is -2.43. The molecule has 98 valence electrons. The van der Waals surface area contributed by atoms with Gasteiger partial charge in [0.25, 0.3) is 0 Å². The molecule has 0 saturated carbocycles. The molecule has 2 rings (SSSR count). The van der Waals surface area contributed by atoms with Crippen LogP contribution in [-0.2, 0) is 11.2 Å². The number of hydrogen-bond acceptors (Lipinski definition) is 2. The molecule has 0 radical (unpaired) electrons. The fourth-order valence-corrected chi connectivity index (χ4v) is 2.25. The molecule has 1 amide bonds. The summed E-state index contributed by atoms with van der Waals surface area (Å²) in [6, 6.07) is 4.79. The van der Waals surface area contributed by atoms with Crippen LogP contribution in [0.2, 0.25) is 0 Å². The van der Waals surface area contributed by atoms with E-state index < -0.39 is 0 Å². The first-order valence-corrected chi connectivity index (χ1v) is 6.34. The summed E-state index contributed by atoms with van der Waals surface area (Å²) in [6.45, 7) is 3.33. The minimum Gasteiger partial charge on any atom is -0.342 e. The third-order valence-corrected chi connectivity index (χ3v) is 3.55. The van der Waals surface area contributed by atoms with Crippen LogP contribution in [0.4, 0.5) is 4.39 Å². The lowest BCUT2D eigenvalue weighted by Gasteiger charge is -2.30. The van der Waals surface area contributed by atoms with Crippen LogP contribution in [0.1, 0.15) is 24.0 Å². The number of carbonyl (C=O) groups excluding carboxylic acids is 1. The Hall–Kier alpha value is -1.42. The smallest absolute Gasteiger partial charge is 0.227 e. The van der Waals surface area contributed by atoms with Crippen LogP contribution in [0.3, 0.4) is 0 Å². The molecule has 0 unspecified atom stereocenters. The third kappa shape index (κ3) is 3.07. The highest BCUT2D eigenvalue weighted by atomic mass is 19.1. The van der Waals surface area contributed by atoms with Gasteiger partial charge in [-0.3, -0.25) is 4.79 Å². The van der Waals surface area contributed by atoms with Crippen LogP contribution in [-0.4, -0.2) is 29.9 Å². The van der Waals surface area contributed by atoms with Gasteiger partial charge in [0, 0.05) is 19.1 Å². The Labute approximate surface area is 107 Å². The van der Waals surface area contributed by atoms with E-state index in [1.54, 1.807) is 6.07 Å². The van der Waals surface area contributed by atoms with Gasteiger partial charge in [0.1, 0.15) is 5.82 Å². The Morgan fingerprint density at radius 1 is 1.44 bits per heavy atom. The Kier molecular flexibility index (Phi) is 3.97. The van der Waals surface area contributed by atoms with Crippen molar-refractivity contribution < 1.29 is 9.18 Å². The van der Waals surface area contributed by atoms with Crippen LogP contribution >= 0.6 is 0 Å². The first kappa shape index (κ1) is 13.0. The summed E-state index contributed by atoms with van der Waals surface area (Å²) in [5.74, 6) is -0.223. The summed E-state index contributed by atoms with van der Waals surface area (Å²) in [5, 5.41) is 0. The molecule has 0 aromatic heterocycles. The molecule has 1 fully saturated rings. The maximum atomic E-state index is 13.1. The predicted octanol–water partition coefficient (Wildman–Crippen LogP) is 1.63.